The third-order valence-electron chi connectivity index (χ3n) is 5.57. The molecular weight excluding hydrogens is 370 g/mol. The topological polar surface area (TPSA) is 79.0 Å². The molecule has 29 heavy (non-hydrogen) atoms. The lowest BCUT2D eigenvalue weighted by molar-refractivity contribution is -0.146. The molecule has 7 heteroatoms. The van der Waals surface area contributed by atoms with E-state index in [1.165, 1.54) is 0 Å². The summed E-state index contributed by atoms with van der Waals surface area (Å²) in [6, 6.07) is 8.21. The van der Waals surface area contributed by atoms with Gasteiger partial charge in [-0.15, -0.1) is 6.58 Å². The number of nitrogens with one attached hydrogen (secondary N) is 1. The SMILES string of the molecule is C=CCNC(=O)C1COC2(CCN(C(=O)C(C)C)CC2)N1C(=O)c1ccccc1. The van der Waals surface area contributed by atoms with Crippen molar-refractivity contribution >= 4 is 17.7 Å². The first-order valence-corrected chi connectivity index (χ1v) is 10.1. The molecule has 3 rings (SSSR count). The van der Waals surface area contributed by atoms with Crippen LogP contribution in [-0.2, 0) is 14.3 Å². The molecule has 1 N–H and O–H groups in total. The molecule has 1 aromatic carbocycles. The minimum Gasteiger partial charge on any atom is -0.353 e. The molecular formula is C22H29N3O4. The largest absolute Gasteiger partial charge is 0.353 e. The second kappa shape index (κ2) is 8.78. The lowest BCUT2D eigenvalue weighted by Crippen LogP contribution is -2.60. The number of likely N-dealkylation sites (tertiary alicyclic amines) is 1. The van der Waals surface area contributed by atoms with Crippen molar-refractivity contribution in [3.05, 3.63) is 48.6 Å². The van der Waals surface area contributed by atoms with Gasteiger partial charge in [0.2, 0.25) is 11.8 Å². The second-order valence-corrected chi connectivity index (χ2v) is 7.83. The van der Waals surface area contributed by atoms with Crippen LogP contribution in [0.4, 0.5) is 0 Å². The molecule has 0 saturated carbocycles. The number of carbonyl (C=O) groups is 3. The van der Waals surface area contributed by atoms with Gasteiger partial charge in [0.1, 0.15) is 11.8 Å². The molecule has 0 bridgehead atoms. The number of hydrogen-bond donors (Lipinski definition) is 1. The molecule has 1 unspecified atom stereocenters. The highest BCUT2D eigenvalue weighted by Crippen LogP contribution is 2.38. The van der Waals surface area contributed by atoms with Crippen molar-refractivity contribution < 1.29 is 19.1 Å². The van der Waals surface area contributed by atoms with Crippen molar-refractivity contribution in [1.29, 1.82) is 0 Å². The van der Waals surface area contributed by atoms with Crippen molar-refractivity contribution in [2.45, 2.75) is 38.5 Å². The maximum Gasteiger partial charge on any atom is 0.256 e. The maximum absolute atomic E-state index is 13.4. The van der Waals surface area contributed by atoms with E-state index in [0.717, 1.165) is 0 Å². The van der Waals surface area contributed by atoms with Crippen LogP contribution in [0.3, 0.4) is 0 Å². The van der Waals surface area contributed by atoms with E-state index in [2.05, 4.69) is 11.9 Å². The van der Waals surface area contributed by atoms with Gasteiger partial charge in [0.25, 0.3) is 5.91 Å². The Morgan fingerprint density at radius 2 is 1.90 bits per heavy atom. The smallest absolute Gasteiger partial charge is 0.256 e. The minimum absolute atomic E-state index is 0.0759. The first kappa shape index (κ1) is 21.0. The van der Waals surface area contributed by atoms with Crippen LogP contribution >= 0.6 is 0 Å². The van der Waals surface area contributed by atoms with E-state index in [9.17, 15) is 14.4 Å². The second-order valence-electron chi connectivity index (χ2n) is 7.83. The minimum atomic E-state index is -0.878. The van der Waals surface area contributed by atoms with Gasteiger partial charge in [-0.2, -0.15) is 0 Å². The van der Waals surface area contributed by atoms with Gasteiger partial charge in [-0.3, -0.25) is 19.3 Å². The molecule has 0 aliphatic carbocycles. The number of nitrogens with zero attached hydrogens (tertiary/aromatic N) is 2. The zero-order chi connectivity index (χ0) is 21.0. The van der Waals surface area contributed by atoms with E-state index in [0.29, 0.717) is 38.0 Å². The van der Waals surface area contributed by atoms with Crippen LogP contribution in [0.1, 0.15) is 37.0 Å². The number of piperidine rings is 1. The first-order chi connectivity index (χ1) is 13.9. The number of carbonyl (C=O) groups excluding carboxylic acids is 3. The van der Waals surface area contributed by atoms with E-state index in [4.69, 9.17) is 4.74 Å². The molecule has 156 valence electrons. The average Bonchev–Trinajstić information content (AvgIpc) is 3.10. The van der Waals surface area contributed by atoms with Crippen LogP contribution in [0.5, 0.6) is 0 Å². The summed E-state index contributed by atoms with van der Waals surface area (Å²) in [6.07, 6.45) is 2.56. The Labute approximate surface area is 171 Å². The zero-order valence-corrected chi connectivity index (χ0v) is 17.1. The Kier molecular flexibility index (Phi) is 6.37. The van der Waals surface area contributed by atoms with Gasteiger partial charge in [0.05, 0.1) is 6.61 Å². The van der Waals surface area contributed by atoms with E-state index >= 15 is 0 Å². The summed E-state index contributed by atoms with van der Waals surface area (Å²) >= 11 is 0. The fourth-order valence-corrected chi connectivity index (χ4v) is 4.02. The first-order valence-electron chi connectivity index (χ1n) is 10.1. The van der Waals surface area contributed by atoms with Crippen molar-refractivity contribution in [3.63, 3.8) is 0 Å². The Balaban J connectivity index is 1.86. The fraction of sp³-hybridized carbons (Fsp3) is 0.500. The Morgan fingerprint density at radius 3 is 2.48 bits per heavy atom. The summed E-state index contributed by atoms with van der Waals surface area (Å²) in [6.45, 7) is 8.83. The summed E-state index contributed by atoms with van der Waals surface area (Å²) < 4.78 is 6.12. The molecule has 1 aromatic rings. The lowest BCUT2D eigenvalue weighted by Gasteiger charge is -2.44. The molecule has 1 atom stereocenters. The third kappa shape index (κ3) is 4.19. The molecule has 0 aromatic heterocycles. The molecule has 3 amide bonds. The molecule has 2 aliphatic heterocycles. The van der Waals surface area contributed by atoms with Gasteiger partial charge in [-0.25, -0.2) is 0 Å². The number of ether oxygens (including phenoxy) is 1. The van der Waals surface area contributed by atoms with Crippen LogP contribution in [0.25, 0.3) is 0 Å². The van der Waals surface area contributed by atoms with Gasteiger partial charge < -0.3 is 15.0 Å². The van der Waals surface area contributed by atoms with Gasteiger partial charge >= 0.3 is 0 Å². The monoisotopic (exact) mass is 399 g/mol. The van der Waals surface area contributed by atoms with Gasteiger partial charge in [-0.05, 0) is 12.1 Å². The molecule has 2 saturated heterocycles. The van der Waals surface area contributed by atoms with Crippen molar-refractivity contribution in [2.24, 2.45) is 5.92 Å². The van der Waals surface area contributed by atoms with Crippen LogP contribution in [0.2, 0.25) is 0 Å². The Hall–Kier alpha value is -2.67. The summed E-state index contributed by atoms with van der Waals surface area (Å²) in [4.78, 5) is 41.9. The quantitative estimate of drug-likeness (QED) is 0.766. The van der Waals surface area contributed by atoms with Crippen molar-refractivity contribution in [3.8, 4) is 0 Å². The molecule has 1 spiro atoms. The molecule has 7 nitrogen and oxygen atoms in total. The number of benzene rings is 1. The van der Waals surface area contributed by atoms with Gasteiger partial charge in [-0.1, -0.05) is 38.1 Å². The zero-order valence-electron chi connectivity index (χ0n) is 17.1. The van der Waals surface area contributed by atoms with Crippen molar-refractivity contribution in [2.75, 3.05) is 26.2 Å². The number of amides is 3. The van der Waals surface area contributed by atoms with Crippen LogP contribution in [-0.4, -0.2) is 65.5 Å². The van der Waals surface area contributed by atoms with Gasteiger partial charge in [0, 0.05) is 44.0 Å². The number of rotatable bonds is 5. The molecule has 2 aliphatic rings. The molecule has 2 fully saturated rings. The highest BCUT2D eigenvalue weighted by molar-refractivity contribution is 5.98. The van der Waals surface area contributed by atoms with Gasteiger partial charge in [0.15, 0.2) is 0 Å². The highest BCUT2D eigenvalue weighted by atomic mass is 16.5. The molecule has 0 radical (unpaired) electrons. The van der Waals surface area contributed by atoms with Crippen LogP contribution in [0, 0.1) is 5.92 Å². The van der Waals surface area contributed by atoms with Crippen LogP contribution < -0.4 is 5.32 Å². The average molecular weight is 399 g/mol. The Bertz CT molecular complexity index is 770. The van der Waals surface area contributed by atoms with E-state index in [-0.39, 0.29) is 30.2 Å². The summed E-state index contributed by atoms with van der Waals surface area (Å²) in [7, 11) is 0. The number of hydrogen-bond acceptors (Lipinski definition) is 4. The fourth-order valence-electron chi connectivity index (χ4n) is 4.02. The van der Waals surface area contributed by atoms with Crippen LogP contribution in [0.15, 0.2) is 43.0 Å². The third-order valence-corrected chi connectivity index (χ3v) is 5.57. The van der Waals surface area contributed by atoms with E-state index in [1.807, 2.05) is 24.8 Å². The highest BCUT2D eigenvalue weighted by Gasteiger charge is 2.54. The van der Waals surface area contributed by atoms with E-state index in [1.54, 1.807) is 35.2 Å². The summed E-state index contributed by atoms with van der Waals surface area (Å²) in [5, 5.41) is 2.78. The predicted molar refractivity (Wildman–Crippen MR) is 109 cm³/mol. The summed E-state index contributed by atoms with van der Waals surface area (Å²) in [5.74, 6) is -0.468. The van der Waals surface area contributed by atoms with E-state index < -0.39 is 11.8 Å². The summed E-state index contributed by atoms with van der Waals surface area (Å²) in [5.41, 5.74) is -0.365. The standard InChI is InChI=1S/C22H29N3O4/c1-4-12-23-19(26)18-15-29-22(10-13-24(14-11-22)20(27)16(2)3)25(18)21(28)17-8-6-5-7-9-17/h4-9,16,18H,1,10-15H2,2-3H3,(H,23,26). The maximum atomic E-state index is 13.4. The normalized spacial score (nSPS) is 20.7. The lowest BCUT2D eigenvalue weighted by atomic mass is 9.95. The Morgan fingerprint density at radius 1 is 1.24 bits per heavy atom. The predicted octanol–water partition coefficient (Wildman–Crippen LogP) is 1.80. The van der Waals surface area contributed by atoms with Crippen molar-refractivity contribution in [1.82, 2.24) is 15.1 Å². The molecule has 2 heterocycles.